The van der Waals surface area contributed by atoms with Crippen LogP contribution >= 0.6 is 15.9 Å². The van der Waals surface area contributed by atoms with Gasteiger partial charge in [0.2, 0.25) is 0 Å². The first-order chi connectivity index (χ1) is 8.25. The van der Waals surface area contributed by atoms with Crippen molar-refractivity contribution in [1.82, 2.24) is 10.4 Å². The van der Waals surface area contributed by atoms with Gasteiger partial charge in [0, 0.05) is 10.7 Å². The Morgan fingerprint density at radius 1 is 1.29 bits per heavy atom. The molecular weight excluding hydrogens is 282 g/mol. The van der Waals surface area contributed by atoms with E-state index in [1.807, 2.05) is 24.3 Å². The molecule has 2 rings (SSSR count). The Hall–Kier alpha value is -1.88. The van der Waals surface area contributed by atoms with Gasteiger partial charge in [0.25, 0.3) is 5.91 Å². The van der Waals surface area contributed by atoms with E-state index in [-0.39, 0.29) is 5.91 Å². The number of nitrogens with one attached hydrogen (secondary N) is 2. The summed E-state index contributed by atoms with van der Waals surface area (Å²) in [6.45, 7) is 0. The molecule has 0 spiro atoms. The van der Waals surface area contributed by atoms with Gasteiger partial charge in [0.15, 0.2) is 0 Å². The highest BCUT2D eigenvalue weighted by molar-refractivity contribution is 9.10. The number of benzene rings is 1. The van der Waals surface area contributed by atoms with E-state index in [0.29, 0.717) is 5.69 Å². The third kappa shape index (κ3) is 3.29. The Balaban J connectivity index is 1.94. The van der Waals surface area contributed by atoms with Gasteiger partial charge in [0.05, 0.1) is 6.21 Å². The van der Waals surface area contributed by atoms with E-state index in [0.717, 1.165) is 10.0 Å². The number of rotatable bonds is 3. The lowest BCUT2D eigenvalue weighted by atomic mass is 10.2. The molecule has 0 unspecified atom stereocenters. The molecule has 1 aromatic heterocycles. The van der Waals surface area contributed by atoms with Gasteiger partial charge in [-0.15, -0.1) is 0 Å². The van der Waals surface area contributed by atoms with E-state index < -0.39 is 0 Å². The summed E-state index contributed by atoms with van der Waals surface area (Å²) >= 11 is 3.34. The highest BCUT2D eigenvalue weighted by Crippen LogP contribution is 2.08. The standard InChI is InChI=1S/C12H10BrN3O/c13-10-5-3-9(4-6-10)8-15-16-12(17)11-2-1-7-14-11/h1-8,14H,(H,16,17)/b15-8-. The molecule has 0 fully saturated rings. The van der Waals surface area contributed by atoms with E-state index >= 15 is 0 Å². The van der Waals surface area contributed by atoms with Crippen molar-refractivity contribution in [1.29, 1.82) is 0 Å². The molecule has 4 nitrogen and oxygen atoms in total. The van der Waals surface area contributed by atoms with E-state index in [1.54, 1.807) is 24.5 Å². The first kappa shape index (κ1) is 11.6. The van der Waals surface area contributed by atoms with Crippen molar-refractivity contribution in [2.24, 2.45) is 5.10 Å². The maximum absolute atomic E-state index is 11.5. The van der Waals surface area contributed by atoms with Crippen LogP contribution in [0.3, 0.4) is 0 Å². The molecule has 0 aliphatic heterocycles. The molecule has 1 amide bonds. The van der Waals surface area contributed by atoms with Gasteiger partial charge in [-0.3, -0.25) is 4.79 Å². The van der Waals surface area contributed by atoms with Gasteiger partial charge in [-0.2, -0.15) is 5.10 Å². The summed E-state index contributed by atoms with van der Waals surface area (Å²) in [7, 11) is 0. The van der Waals surface area contributed by atoms with Gasteiger partial charge < -0.3 is 4.98 Å². The van der Waals surface area contributed by atoms with Gasteiger partial charge in [0.1, 0.15) is 5.69 Å². The van der Waals surface area contributed by atoms with E-state index in [4.69, 9.17) is 0 Å². The molecule has 2 aromatic rings. The van der Waals surface area contributed by atoms with Crippen molar-refractivity contribution < 1.29 is 4.79 Å². The first-order valence-corrected chi connectivity index (χ1v) is 5.77. The predicted octanol–water partition coefficient (Wildman–Crippen LogP) is 2.54. The van der Waals surface area contributed by atoms with E-state index in [9.17, 15) is 4.79 Å². The lowest BCUT2D eigenvalue weighted by Crippen LogP contribution is -2.17. The quantitative estimate of drug-likeness (QED) is 0.663. The zero-order chi connectivity index (χ0) is 12.1. The average Bonchev–Trinajstić information content (AvgIpc) is 2.85. The molecule has 0 atom stereocenters. The summed E-state index contributed by atoms with van der Waals surface area (Å²) in [4.78, 5) is 14.3. The van der Waals surface area contributed by atoms with Crippen LogP contribution in [0.2, 0.25) is 0 Å². The molecule has 86 valence electrons. The van der Waals surface area contributed by atoms with Crippen LogP contribution in [0.15, 0.2) is 52.2 Å². The fourth-order valence-corrected chi connectivity index (χ4v) is 1.51. The van der Waals surface area contributed by atoms with Crippen molar-refractivity contribution in [2.45, 2.75) is 0 Å². The molecule has 0 aliphatic rings. The van der Waals surface area contributed by atoms with Crippen molar-refractivity contribution in [3.05, 3.63) is 58.3 Å². The zero-order valence-corrected chi connectivity index (χ0v) is 10.4. The summed E-state index contributed by atoms with van der Waals surface area (Å²) in [5, 5.41) is 3.87. The van der Waals surface area contributed by atoms with Crippen LogP contribution in [0.1, 0.15) is 16.1 Å². The number of nitrogens with zero attached hydrogens (tertiary/aromatic N) is 1. The number of amides is 1. The van der Waals surface area contributed by atoms with Gasteiger partial charge >= 0.3 is 0 Å². The summed E-state index contributed by atoms with van der Waals surface area (Å²) in [5.41, 5.74) is 3.84. The number of halogens is 1. The Morgan fingerprint density at radius 2 is 2.06 bits per heavy atom. The molecule has 0 radical (unpaired) electrons. The Kier molecular flexibility index (Phi) is 3.72. The van der Waals surface area contributed by atoms with Gasteiger partial charge in [-0.25, -0.2) is 5.43 Å². The topological polar surface area (TPSA) is 57.2 Å². The van der Waals surface area contributed by atoms with Crippen LogP contribution < -0.4 is 5.43 Å². The van der Waals surface area contributed by atoms with E-state index in [1.165, 1.54) is 0 Å². The number of carbonyl (C=O) groups is 1. The number of hydrazone groups is 1. The maximum atomic E-state index is 11.5. The minimum Gasteiger partial charge on any atom is -0.357 e. The SMILES string of the molecule is O=C(N/N=C\c1ccc(Br)cc1)c1ccc[nH]1. The lowest BCUT2D eigenvalue weighted by Gasteiger charge is -1.96. The monoisotopic (exact) mass is 291 g/mol. The molecule has 5 heteroatoms. The lowest BCUT2D eigenvalue weighted by molar-refractivity contribution is 0.0951. The molecule has 1 aromatic carbocycles. The van der Waals surface area contributed by atoms with Gasteiger partial charge in [-0.1, -0.05) is 28.1 Å². The summed E-state index contributed by atoms with van der Waals surface area (Å²) in [6.07, 6.45) is 3.28. The normalized spacial score (nSPS) is 10.6. The van der Waals surface area contributed by atoms with Crippen molar-refractivity contribution >= 4 is 28.1 Å². The first-order valence-electron chi connectivity index (χ1n) is 4.98. The number of H-pyrrole nitrogens is 1. The Bertz CT molecular complexity index is 517. The van der Waals surface area contributed by atoms with Crippen LogP contribution in [0, 0.1) is 0 Å². The number of hydrogen-bond donors (Lipinski definition) is 2. The second-order valence-corrected chi connectivity index (χ2v) is 4.25. The number of aromatic nitrogens is 1. The molecule has 1 heterocycles. The Morgan fingerprint density at radius 3 is 2.71 bits per heavy atom. The molecule has 0 aliphatic carbocycles. The average molecular weight is 292 g/mol. The fraction of sp³-hybridized carbons (Fsp3) is 0. The number of hydrogen-bond acceptors (Lipinski definition) is 2. The molecule has 0 bridgehead atoms. The highest BCUT2D eigenvalue weighted by atomic mass is 79.9. The molecule has 0 saturated heterocycles. The molecular formula is C12H10BrN3O. The molecule has 17 heavy (non-hydrogen) atoms. The number of carbonyl (C=O) groups excluding carboxylic acids is 1. The predicted molar refractivity (Wildman–Crippen MR) is 70.0 cm³/mol. The number of aromatic amines is 1. The third-order valence-electron chi connectivity index (χ3n) is 2.09. The third-order valence-corrected chi connectivity index (χ3v) is 2.62. The second kappa shape index (κ2) is 5.45. The highest BCUT2D eigenvalue weighted by Gasteiger charge is 2.02. The van der Waals surface area contributed by atoms with Crippen LogP contribution in [0.5, 0.6) is 0 Å². The van der Waals surface area contributed by atoms with Crippen LogP contribution in [-0.2, 0) is 0 Å². The van der Waals surface area contributed by atoms with Crippen molar-refractivity contribution in [2.75, 3.05) is 0 Å². The zero-order valence-electron chi connectivity index (χ0n) is 8.85. The van der Waals surface area contributed by atoms with Crippen LogP contribution in [-0.4, -0.2) is 17.1 Å². The maximum Gasteiger partial charge on any atom is 0.287 e. The van der Waals surface area contributed by atoms with Crippen LogP contribution in [0.4, 0.5) is 0 Å². The second-order valence-electron chi connectivity index (χ2n) is 3.33. The summed E-state index contributed by atoms with van der Waals surface area (Å²) in [5.74, 6) is -0.261. The van der Waals surface area contributed by atoms with Crippen molar-refractivity contribution in [3.63, 3.8) is 0 Å². The summed E-state index contributed by atoms with van der Waals surface area (Å²) in [6, 6.07) is 11.1. The van der Waals surface area contributed by atoms with Gasteiger partial charge in [-0.05, 0) is 29.8 Å². The minimum absolute atomic E-state index is 0.261. The largest absolute Gasteiger partial charge is 0.357 e. The van der Waals surface area contributed by atoms with Crippen LogP contribution in [0.25, 0.3) is 0 Å². The minimum atomic E-state index is -0.261. The summed E-state index contributed by atoms with van der Waals surface area (Å²) < 4.78 is 1.00. The van der Waals surface area contributed by atoms with Crippen molar-refractivity contribution in [3.8, 4) is 0 Å². The van der Waals surface area contributed by atoms with E-state index in [2.05, 4.69) is 31.4 Å². The molecule has 0 saturated carbocycles. The smallest absolute Gasteiger partial charge is 0.287 e. The Labute approximate surface area is 107 Å². The molecule has 2 N–H and O–H groups in total. The fourth-order valence-electron chi connectivity index (χ4n) is 1.25.